The van der Waals surface area contributed by atoms with E-state index in [1.165, 1.54) is 93.4 Å². The van der Waals surface area contributed by atoms with E-state index in [1.54, 1.807) is 0 Å². The van der Waals surface area contributed by atoms with Crippen molar-refractivity contribution in [3.8, 4) is 90.4 Å². The van der Waals surface area contributed by atoms with E-state index in [2.05, 4.69) is 255 Å². The summed E-state index contributed by atoms with van der Waals surface area (Å²) >= 11 is 0. The van der Waals surface area contributed by atoms with E-state index in [4.69, 9.17) is 33.8 Å². The summed E-state index contributed by atoms with van der Waals surface area (Å²) in [4.78, 5) is 24.9. The zero-order chi connectivity index (χ0) is 69.1. The molecule has 2 aliphatic rings. The second-order valence-corrected chi connectivity index (χ2v) is 28.6. The number of hydrogen-bond acceptors (Lipinski definition) is 7. The Morgan fingerprint density at radius 3 is 1.09 bits per heavy atom. The molecule has 9 nitrogen and oxygen atoms in total. The van der Waals surface area contributed by atoms with Crippen LogP contribution < -0.4 is 0 Å². The second kappa shape index (κ2) is 22.6. The van der Waals surface area contributed by atoms with Crippen molar-refractivity contribution in [2.45, 2.75) is 38.5 Å². The fraction of sp³-hybridized carbons (Fsp3) is 0.0632. The maximum absolute atomic E-state index is 6.63. The van der Waals surface area contributed by atoms with Crippen LogP contribution in [0.15, 0.2) is 318 Å². The molecule has 0 bridgehead atoms. The topological polar surface area (TPSA) is 101 Å². The quantitative estimate of drug-likeness (QED) is 0.157. The van der Waals surface area contributed by atoms with Gasteiger partial charge in [-0.15, -0.1) is 0 Å². The van der Waals surface area contributed by atoms with Gasteiger partial charge in [0.2, 0.25) is 0 Å². The third-order valence-electron chi connectivity index (χ3n) is 22.0. The van der Waals surface area contributed by atoms with Gasteiger partial charge in [-0.25, -0.2) is 24.9 Å². The number of hydrogen-bond donors (Lipinski definition) is 0. The molecule has 0 fully saturated rings. The monoisotopic (exact) mass is 1330 g/mol. The molecule has 104 heavy (non-hydrogen) atoms. The summed E-state index contributed by atoms with van der Waals surface area (Å²) < 4.78 is 18.0. The molecule has 0 saturated carbocycles. The van der Waals surface area contributed by atoms with Gasteiger partial charge in [0.25, 0.3) is 0 Å². The van der Waals surface area contributed by atoms with Crippen LogP contribution in [0.3, 0.4) is 0 Å². The molecule has 9 heteroatoms. The molecule has 0 radical (unpaired) electrons. The number of fused-ring (bicyclic) bond motifs is 23. The first-order valence-corrected chi connectivity index (χ1v) is 35.5. The van der Waals surface area contributed by atoms with Gasteiger partial charge in [-0.1, -0.05) is 234 Å². The highest BCUT2D eigenvalue weighted by atomic mass is 16.3. The third kappa shape index (κ3) is 8.83. The lowest BCUT2D eigenvalue weighted by Gasteiger charge is -2.21. The Bertz CT molecular complexity index is 6890. The molecule has 22 rings (SSSR count). The summed E-state index contributed by atoms with van der Waals surface area (Å²) in [5, 5.41) is 10.7. The lowest BCUT2D eigenvalue weighted by Crippen LogP contribution is -2.15. The average molecular weight is 1330 g/mol. The standard InChI is InChI=1S/C48H32N4O.C47H31N3O/c1-48(2)37-27-28-39-42(41(37)36-26-25-34-33-17-10-12-20-40(33)53-44(34)43(36)48)35-18-9-11-19-38(35)52(39)32-23-21-31(22-24-32)47-50-45(29-13-5-3-6-14-29)49-46(51-47)30-15-7-4-8-16-30;1-47(2)36-26-27-39-42(41(36)35-25-24-32-31-14-8-11-19-40(31)51-45(32)43(35)47)34-16-7-10-18-38(34)50(39)30-22-20-29(21-23-30)46-48-37-17-9-6-15-33(37)44(49-46)28-12-4-3-5-13-28/h3-28H,1-2H3;3-27H,1-2H3. The fourth-order valence-electron chi connectivity index (χ4n) is 17.3. The number of nitrogens with zero attached hydrogens (tertiary/aromatic N) is 7. The zero-order valence-electron chi connectivity index (χ0n) is 57.4. The molecule has 0 N–H and O–H groups in total. The first-order chi connectivity index (χ1) is 51.1. The number of benzene rings is 14. The predicted octanol–water partition coefficient (Wildman–Crippen LogP) is 24.4. The molecular weight excluding hydrogens is 1270 g/mol. The van der Waals surface area contributed by atoms with Crippen molar-refractivity contribution in [1.82, 2.24) is 34.1 Å². The van der Waals surface area contributed by atoms with E-state index in [0.29, 0.717) is 17.5 Å². The van der Waals surface area contributed by atoms with Crippen molar-refractivity contribution in [3.05, 3.63) is 332 Å². The van der Waals surface area contributed by atoms with E-state index in [0.717, 1.165) is 100 Å². The Kier molecular flexibility index (Phi) is 12.9. The minimum atomic E-state index is -0.237. The van der Waals surface area contributed by atoms with Crippen LogP contribution >= 0.6 is 0 Å². The van der Waals surface area contributed by atoms with E-state index >= 15 is 0 Å². The summed E-state index contributed by atoms with van der Waals surface area (Å²) in [5.41, 5.74) is 27.3. The van der Waals surface area contributed by atoms with Crippen LogP contribution in [0.25, 0.3) is 189 Å². The number of furan rings is 2. The van der Waals surface area contributed by atoms with Crippen molar-refractivity contribution < 1.29 is 8.83 Å². The van der Waals surface area contributed by atoms with Crippen molar-refractivity contribution >= 4 is 98.4 Å². The van der Waals surface area contributed by atoms with Gasteiger partial charge in [0.1, 0.15) is 22.3 Å². The van der Waals surface area contributed by atoms with Gasteiger partial charge in [-0.3, -0.25) is 0 Å². The SMILES string of the molecule is CC1(C)c2ccc3c(c2-c2ccc4c(oc5ccccc54)c21)c1ccccc1n3-c1ccc(-c2nc(-c3ccccc3)c3ccccc3n2)cc1.CC1(C)c2ccc3c(c2-c2ccc4c(oc5ccccc54)c21)c1ccccc1n3-c1ccc(-c2nc(-c3ccccc3)nc(-c3ccccc3)n2)cc1. The minimum Gasteiger partial charge on any atom is -0.456 e. The van der Waals surface area contributed by atoms with Crippen LogP contribution in [0.1, 0.15) is 49.9 Å². The van der Waals surface area contributed by atoms with E-state index in [1.807, 2.05) is 91.0 Å². The predicted molar refractivity (Wildman–Crippen MR) is 425 cm³/mol. The maximum Gasteiger partial charge on any atom is 0.164 e. The highest BCUT2D eigenvalue weighted by Crippen LogP contribution is 2.58. The highest BCUT2D eigenvalue weighted by molar-refractivity contribution is 6.22. The van der Waals surface area contributed by atoms with Crippen LogP contribution in [-0.2, 0) is 10.8 Å². The van der Waals surface area contributed by atoms with Gasteiger partial charge in [0.15, 0.2) is 23.3 Å². The summed E-state index contributed by atoms with van der Waals surface area (Å²) in [5.74, 6) is 2.66. The van der Waals surface area contributed by atoms with Gasteiger partial charge in [0, 0.05) is 110 Å². The lowest BCUT2D eigenvalue weighted by molar-refractivity contribution is 0.619. The molecule has 0 atom stereocenters. The van der Waals surface area contributed by atoms with Crippen molar-refractivity contribution in [2.24, 2.45) is 0 Å². The van der Waals surface area contributed by atoms with E-state index in [9.17, 15) is 0 Å². The van der Waals surface area contributed by atoms with Gasteiger partial charge in [-0.05, 0) is 137 Å². The zero-order valence-corrected chi connectivity index (χ0v) is 57.4. The molecule has 490 valence electrons. The van der Waals surface area contributed by atoms with Crippen molar-refractivity contribution in [1.29, 1.82) is 0 Å². The summed E-state index contributed by atoms with van der Waals surface area (Å²) in [6.07, 6.45) is 0. The normalized spacial score (nSPS) is 13.3. The maximum atomic E-state index is 6.63. The van der Waals surface area contributed by atoms with E-state index < -0.39 is 0 Å². The molecule has 20 aromatic rings. The number of aromatic nitrogens is 7. The number of para-hydroxylation sites is 5. The van der Waals surface area contributed by atoms with Crippen molar-refractivity contribution in [2.75, 3.05) is 0 Å². The van der Waals surface area contributed by atoms with Gasteiger partial charge in [0.05, 0.1) is 33.3 Å². The molecule has 0 spiro atoms. The molecule has 2 aliphatic carbocycles. The van der Waals surface area contributed by atoms with Crippen LogP contribution in [-0.4, -0.2) is 34.1 Å². The Morgan fingerprint density at radius 2 is 0.635 bits per heavy atom. The smallest absolute Gasteiger partial charge is 0.164 e. The molecule has 0 aliphatic heterocycles. The van der Waals surface area contributed by atoms with Crippen LogP contribution in [0.2, 0.25) is 0 Å². The van der Waals surface area contributed by atoms with Crippen molar-refractivity contribution in [3.63, 3.8) is 0 Å². The molecule has 6 aromatic heterocycles. The summed E-state index contributed by atoms with van der Waals surface area (Å²) in [6.45, 7) is 9.35. The molecular formula is C95H63N7O2. The lowest BCUT2D eigenvalue weighted by atomic mass is 9.81. The Morgan fingerprint density at radius 1 is 0.269 bits per heavy atom. The number of rotatable bonds is 7. The Hall–Kier alpha value is -13.4. The molecule has 6 heterocycles. The van der Waals surface area contributed by atoms with E-state index in [-0.39, 0.29) is 10.8 Å². The Labute approximate surface area is 598 Å². The fourth-order valence-corrected chi connectivity index (χ4v) is 17.3. The van der Waals surface area contributed by atoms with Crippen LogP contribution in [0, 0.1) is 0 Å². The van der Waals surface area contributed by atoms with Gasteiger partial charge < -0.3 is 18.0 Å². The summed E-state index contributed by atoms with van der Waals surface area (Å²) in [6, 6.07) is 109. The third-order valence-corrected chi connectivity index (χ3v) is 22.0. The largest absolute Gasteiger partial charge is 0.456 e. The molecule has 14 aromatic carbocycles. The molecule has 0 amide bonds. The highest BCUT2D eigenvalue weighted by Gasteiger charge is 2.42. The summed E-state index contributed by atoms with van der Waals surface area (Å²) in [7, 11) is 0. The Balaban J connectivity index is 0.000000134. The molecule has 0 unspecified atom stereocenters. The van der Waals surface area contributed by atoms with Crippen LogP contribution in [0.5, 0.6) is 0 Å². The van der Waals surface area contributed by atoms with Gasteiger partial charge >= 0.3 is 0 Å². The first kappa shape index (κ1) is 59.5. The van der Waals surface area contributed by atoms with Gasteiger partial charge in [-0.2, -0.15) is 0 Å². The molecule has 0 saturated heterocycles. The minimum absolute atomic E-state index is 0.227. The average Bonchev–Trinajstić information content (AvgIpc) is 1.53. The first-order valence-electron chi connectivity index (χ1n) is 35.5. The van der Waals surface area contributed by atoms with Crippen LogP contribution in [0.4, 0.5) is 0 Å². The second-order valence-electron chi connectivity index (χ2n) is 28.6.